The minimum atomic E-state index is 0.363. The smallest absolute Gasteiger partial charge is 0.162 e. The molecular formula is C6H12OS2. The highest BCUT2D eigenvalue weighted by Gasteiger charge is 2.05. The van der Waals surface area contributed by atoms with E-state index in [-0.39, 0.29) is 0 Å². The van der Waals surface area contributed by atoms with E-state index in [0.29, 0.717) is 11.0 Å². The summed E-state index contributed by atoms with van der Waals surface area (Å²) in [6, 6.07) is 0. The average molecular weight is 164 g/mol. The summed E-state index contributed by atoms with van der Waals surface area (Å²) in [6.07, 6.45) is 0.996. The number of thiocarbonyl (C=S) groups is 1. The third-order valence-corrected chi connectivity index (χ3v) is 1.99. The summed E-state index contributed by atoms with van der Waals surface area (Å²) in [4.78, 5) is 0. The molecule has 0 aromatic rings. The van der Waals surface area contributed by atoms with Crippen molar-refractivity contribution < 1.29 is 4.74 Å². The lowest BCUT2D eigenvalue weighted by molar-refractivity contribution is 0.381. The van der Waals surface area contributed by atoms with Gasteiger partial charge < -0.3 is 4.74 Å². The third kappa shape index (κ3) is 3.76. The lowest BCUT2D eigenvalue weighted by atomic mass is 10.1. The van der Waals surface area contributed by atoms with Crippen LogP contribution in [0, 0.1) is 5.92 Å². The molecule has 0 aliphatic heterocycles. The van der Waals surface area contributed by atoms with Gasteiger partial charge in [-0.2, -0.15) is 12.6 Å². The summed E-state index contributed by atoms with van der Waals surface area (Å²) in [5, 5.41) is 0.684. The zero-order valence-corrected chi connectivity index (χ0v) is 7.47. The number of methoxy groups -OCH3 is 1. The van der Waals surface area contributed by atoms with Crippen molar-refractivity contribution in [3.8, 4) is 0 Å². The molecule has 0 aliphatic carbocycles. The molecule has 1 unspecified atom stereocenters. The van der Waals surface area contributed by atoms with Crippen LogP contribution in [0.2, 0.25) is 0 Å². The summed E-state index contributed by atoms with van der Waals surface area (Å²) in [7, 11) is 1.61. The Bertz CT molecular complexity index is 93.1. The Kier molecular flexibility index (Phi) is 5.19. The van der Waals surface area contributed by atoms with Crippen molar-refractivity contribution in [2.75, 3.05) is 12.9 Å². The molecule has 0 fully saturated rings. The van der Waals surface area contributed by atoms with Crippen LogP contribution < -0.4 is 0 Å². The van der Waals surface area contributed by atoms with Crippen LogP contribution in [0.4, 0.5) is 0 Å². The van der Waals surface area contributed by atoms with Gasteiger partial charge in [0.05, 0.1) is 7.11 Å². The first-order chi connectivity index (χ1) is 4.22. The Morgan fingerprint density at radius 3 is 2.67 bits per heavy atom. The van der Waals surface area contributed by atoms with E-state index in [2.05, 4.69) is 12.6 Å². The van der Waals surface area contributed by atoms with Crippen molar-refractivity contribution >= 4 is 29.9 Å². The molecular weight excluding hydrogens is 152 g/mol. The summed E-state index contributed by atoms with van der Waals surface area (Å²) in [5.41, 5.74) is 0. The summed E-state index contributed by atoms with van der Waals surface area (Å²) >= 11 is 8.97. The summed E-state index contributed by atoms with van der Waals surface area (Å²) in [6.45, 7) is 2.04. The summed E-state index contributed by atoms with van der Waals surface area (Å²) in [5.74, 6) is 1.23. The fourth-order valence-electron chi connectivity index (χ4n) is 0.513. The van der Waals surface area contributed by atoms with Crippen molar-refractivity contribution in [2.24, 2.45) is 5.92 Å². The van der Waals surface area contributed by atoms with Crippen molar-refractivity contribution in [3.05, 3.63) is 0 Å². The second-order valence-corrected chi connectivity index (χ2v) is 2.79. The van der Waals surface area contributed by atoms with E-state index in [9.17, 15) is 0 Å². The standard InChI is InChI=1S/C6H12OS2/c1-5(3-4-8)6(9)7-2/h5,8H,3-4H2,1-2H3. The van der Waals surface area contributed by atoms with Gasteiger partial charge in [-0.25, -0.2) is 0 Å². The molecule has 0 spiro atoms. The van der Waals surface area contributed by atoms with Crippen LogP contribution >= 0.6 is 24.8 Å². The molecule has 0 rings (SSSR count). The van der Waals surface area contributed by atoms with E-state index < -0.39 is 0 Å². The zero-order valence-electron chi connectivity index (χ0n) is 5.76. The molecule has 0 bridgehead atoms. The van der Waals surface area contributed by atoms with Crippen molar-refractivity contribution in [1.29, 1.82) is 0 Å². The van der Waals surface area contributed by atoms with Crippen LogP contribution in [-0.4, -0.2) is 17.9 Å². The number of rotatable bonds is 3. The number of ether oxygens (including phenoxy) is 1. The Labute approximate surface area is 67.2 Å². The molecule has 1 atom stereocenters. The Morgan fingerprint density at radius 1 is 1.78 bits per heavy atom. The van der Waals surface area contributed by atoms with Crippen molar-refractivity contribution in [1.82, 2.24) is 0 Å². The van der Waals surface area contributed by atoms with Gasteiger partial charge in [0.1, 0.15) is 0 Å². The van der Waals surface area contributed by atoms with Crippen molar-refractivity contribution in [3.63, 3.8) is 0 Å². The third-order valence-electron chi connectivity index (χ3n) is 1.17. The molecule has 0 aromatic heterocycles. The number of hydrogen-bond acceptors (Lipinski definition) is 3. The maximum absolute atomic E-state index is 4.89. The molecule has 0 saturated heterocycles. The van der Waals surface area contributed by atoms with Crippen LogP contribution in [0.15, 0.2) is 0 Å². The van der Waals surface area contributed by atoms with Gasteiger partial charge in [0, 0.05) is 5.92 Å². The minimum absolute atomic E-state index is 0.363. The van der Waals surface area contributed by atoms with E-state index in [1.54, 1.807) is 7.11 Å². The maximum Gasteiger partial charge on any atom is 0.162 e. The van der Waals surface area contributed by atoms with Gasteiger partial charge in [-0.3, -0.25) is 0 Å². The van der Waals surface area contributed by atoms with Gasteiger partial charge in [0.25, 0.3) is 0 Å². The number of thiol groups is 1. The average Bonchev–Trinajstić information content (AvgIpc) is 1.87. The van der Waals surface area contributed by atoms with Gasteiger partial charge in [-0.1, -0.05) is 6.92 Å². The lowest BCUT2D eigenvalue weighted by Gasteiger charge is -2.08. The Hall–Kier alpha value is 0.240. The molecule has 0 amide bonds. The van der Waals surface area contributed by atoms with Gasteiger partial charge in [-0.15, -0.1) is 0 Å². The van der Waals surface area contributed by atoms with E-state index in [0.717, 1.165) is 12.2 Å². The first kappa shape index (κ1) is 9.24. The van der Waals surface area contributed by atoms with E-state index in [1.165, 1.54) is 0 Å². The van der Waals surface area contributed by atoms with Crippen LogP contribution in [0.25, 0.3) is 0 Å². The summed E-state index contributed by atoms with van der Waals surface area (Å²) < 4.78 is 4.86. The first-order valence-electron chi connectivity index (χ1n) is 2.91. The topological polar surface area (TPSA) is 9.23 Å². The van der Waals surface area contributed by atoms with Gasteiger partial charge in [-0.05, 0) is 24.4 Å². The highest BCUT2D eigenvalue weighted by Crippen LogP contribution is 2.05. The fraction of sp³-hybridized carbons (Fsp3) is 0.833. The molecule has 0 aromatic carbocycles. The largest absolute Gasteiger partial charge is 0.490 e. The fourth-order valence-corrected chi connectivity index (χ4v) is 1.02. The van der Waals surface area contributed by atoms with Crippen LogP contribution in [0.1, 0.15) is 13.3 Å². The van der Waals surface area contributed by atoms with Crippen LogP contribution in [0.3, 0.4) is 0 Å². The molecule has 54 valence electrons. The molecule has 3 heteroatoms. The van der Waals surface area contributed by atoms with Gasteiger partial charge in [0.15, 0.2) is 5.05 Å². The van der Waals surface area contributed by atoms with E-state index in [1.807, 2.05) is 6.92 Å². The van der Waals surface area contributed by atoms with E-state index >= 15 is 0 Å². The minimum Gasteiger partial charge on any atom is -0.490 e. The second kappa shape index (κ2) is 5.06. The second-order valence-electron chi connectivity index (χ2n) is 1.94. The quantitative estimate of drug-likeness (QED) is 0.504. The molecule has 1 nitrogen and oxygen atoms in total. The van der Waals surface area contributed by atoms with E-state index in [4.69, 9.17) is 17.0 Å². The monoisotopic (exact) mass is 164 g/mol. The first-order valence-corrected chi connectivity index (χ1v) is 3.95. The normalized spacial score (nSPS) is 12.8. The van der Waals surface area contributed by atoms with Crippen molar-refractivity contribution in [2.45, 2.75) is 13.3 Å². The van der Waals surface area contributed by atoms with Gasteiger partial charge >= 0.3 is 0 Å². The van der Waals surface area contributed by atoms with Gasteiger partial charge in [0.2, 0.25) is 0 Å². The predicted molar refractivity (Wildman–Crippen MR) is 47.2 cm³/mol. The Morgan fingerprint density at radius 2 is 2.33 bits per heavy atom. The zero-order chi connectivity index (χ0) is 7.28. The van der Waals surface area contributed by atoms with Crippen LogP contribution in [0.5, 0.6) is 0 Å². The molecule has 0 aliphatic rings. The SMILES string of the molecule is COC(=S)C(C)CCS. The molecule has 9 heavy (non-hydrogen) atoms. The highest BCUT2D eigenvalue weighted by molar-refractivity contribution is 7.80. The molecule has 0 N–H and O–H groups in total. The molecule has 0 saturated carbocycles. The lowest BCUT2D eigenvalue weighted by Crippen LogP contribution is -2.10. The molecule has 0 radical (unpaired) electrons. The van der Waals surface area contributed by atoms with Crippen LogP contribution in [-0.2, 0) is 4.74 Å². The Balaban J connectivity index is 3.45. The highest BCUT2D eigenvalue weighted by atomic mass is 32.1. The predicted octanol–water partition coefficient (Wildman–Crippen LogP) is 1.92. The number of hydrogen-bond donors (Lipinski definition) is 1. The maximum atomic E-state index is 4.89. The molecule has 0 heterocycles.